The van der Waals surface area contributed by atoms with Crippen LogP contribution < -0.4 is 4.90 Å². The van der Waals surface area contributed by atoms with E-state index in [2.05, 4.69) is 10.1 Å². The van der Waals surface area contributed by atoms with E-state index in [1.54, 1.807) is 36.1 Å². The number of anilines is 1. The zero-order valence-corrected chi connectivity index (χ0v) is 13.9. The minimum atomic E-state index is -0.347. The van der Waals surface area contributed by atoms with Crippen molar-refractivity contribution in [1.29, 1.82) is 0 Å². The summed E-state index contributed by atoms with van der Waals surface area (Å²) in [6.45, 7) is 2.05. The molecule has 3 aromatic rings. The minimum absolute atomic E-state index is 0.0749. The molecule has 7 heteroatoms. The van der Waals surface area contributed by atoms with Crippen molar-refractivity contribution < 1.29 is 18.1 Å². The lowest BCUT2D eigenvalue weighted by Gasteiger charge is -2.16. The van der Waals surface area contributed by atoms with Gasteiger partial charge in [0.25, 0.3) is 5.89 Å². The van der Waals surface area contributed by atoms with E-state index in [0.29, 0.717) is 29.2 Å². The Morgan fingerprint density at radius 1 is 1.15 bits per heavy atom. The molecule has 1 aliphatic rings. The van der Waals surface area contributed by atoms with Crippen LogP contribution in [0, 0.1) is 18.6 Å². The van der Waals surface area contributed by atoms with Gasteiger partial charge in [0.2, 0.25) is 5.91 Å². The highest BCUT2D eigenvalue weighted by atomic mass is 19.1. The van der Waals surface area contributed by atoms with Crippen molar-refractivity contribution in [3.05, 3.63) is 65.5 Å². The second kappa shape index (κ2) is 6.33. The molecule has 0 N–H and O–H groups in total. The molecule has 1 saturated heterocycles. The van der Waals surface area contributed by atoms with Crippen LogP contribution in [0.1, 0.15) is 23.7 Å². The number of aryl methyl sites for hydroxylation is 1. The van der Waals surface area contributed by atoms with Crippen LogP contribution in [-0.2, 0) is 4.79 Å². The molecule has 1 aliphatic heterocycles. The molecule has 1 fully saturated rings. The number of aromatic nitrogens is 2. The summed E-state index contributed by atoms with van der Waals surface area (Å²) in [5.74, 6) is -0.235. The third-order valence-corrected chi connectivity index (χ3v) is 4.48. The van der Waals surface area contributed by atoms with Gasteiger partial charge >= 0.3 is 0 Å². The third-order valence-electron chi connectivity index (χ3n) is 4.48. The molecule has 1 atom stereocenters. The van der Waals surface area contributed by atoms with Gasteiger partial charge in [0.1, 0.15) is 11.6 Å². The maximum atomic E-state index is 13.5. The summed E-state index contributed by atoms with van der Waals surface area (Å²) >= 11 is 0. The van der Waals surface area contributed by atoms with Crippen molar-refractivity contribution in [2.24, 2.45) is 0 Å². The molecule has 4 rings (SSSR count). The van der Waals surface area contributed by atoms with Gasteiger partial charge in [-0.05, 0) is 55.0 Å². The molecule has 0 spiro atoms. The average molecular weight is 355 g/mol. The molecular weight excluding hydrogens is 340 g/mol. The zero-order chi connectivity index (χ0) is 18.3. The number of amides is 1. The van der Waals surface area contributed by atoms with Crippen LogP contribution in [0.15, 0.2) is 47.0 Å². The summed E-state index contributed by atoms with van der Waals surface area (Å²) < 4.78 is 31.7. The molecule has 1 amide bonds. The Morgan fingerprint density at radius 2 is 1.92 bits per heavy atom. The van der Waals surface area contributed by atoms with Gasteiger partial charge in [-0.1, -0.05) is 5.16 Å². The van der Waals surface area contributed by atoms with E-state index in [-0.39, 0.29) is 35.8 Å². The van der Waals surface area contributed by atoms with Crippen LogP contribution in [0.3, 0.4) is 0 Å². The van der Waals surface area contributed by atoms with E-state index >= 15 is 0 Å². The molecule has 1 aromatic heterocycles. The van der Waals surface area contributed by atoms with Gasteiger partial charge in [-0.15, -0.1) is 0 Å². The van der Waals surface area contributed by atoms with Gasteiger partial charge < -0.3 is 9.42 Å². The molecule has 0 bridgehead atoms. The Bertz CT molecular complexity index is 969. The van der Waals surface area contributed by atoms with Gasteiger partial charge in [0.05, 0.1) is 0 Å². The number of benzene rings is 2. The quantitative estimate of drug-likeness (QED) is 0.716. The predicted octanol–water partition coefficient (Wildman–Crippen LogP) is 3.84. The van der Waals surface area contributed by atoms with E-state index < -0.39 is 0 Å². The second-order valence-corrected chi connectivity index (χ2v) is 6.30. The summed E-state index contributed by atoms with van der Waals surface area (Å²) in [5.41, 5.74) is 1.75. The molecule has 2 heterocycles. The van der Waals surface area contributed by atoms with Crippen molar-refractivity contribution in [2.45, 2.75) is 19.3 Å². The van der Waals surface area contributed by atoms with Crippen molar-refractivity contribution in [1.82, 2.24) is 10.1 Å². The predicted molar refractivity (Wildman–Crippen MR) is 90.5 cm³/mol. The number of carbonyl (C=O) groups excluding carboxylic acids is 1. The fourth-order valence-corrected chi connectivity index (χ4v) is 3.04. The monoisotopic (exact) mass is 355 g/mol. The highest BCUT2D eigenvalue weighted by Crippen LogP contribution is 2.32. The van der Waals surface area contributed by atoms with E-state index in [4.69, 9.17) is 4.52 Å². The number of hydrogen-bond acceptors (Lipinski definition) is 4. The standard InChI is InChI=1S/C19H15F2N3O2/c1-11-8-15(6-7-16(11)21)24-10-13(9-17(24)25)18-22-19(26-23-18)12-2-4-14(20)5-3-12/h2-8,13H,9-10H2,1H3. The Hall–Kier alpha value is -3.09. The molecule has 26 heavy (non-hydrogen) atoms. The van der Waals surface area contributed by atoms with Crippen LogP contribution in [0.2, 0.25) is 0 Å². The van der Waals surface area contributed by atoms with E-state index in [0.717, 1.165) is 0 Å². The van der Waals surface area contributed by atoms with Crippen molar-refractivity contribution >= 4 is 11.6 Å². The van der Waals surface area contributed by atoms with Crippen molar-refractivity contribution in [3.8, 4) is 11.5 Å². The molecule has 0 saturated carbocycles. The minimum Gasteiger partial charge on any atom is -0.334 e. The molecular formula is C19H15F2N3O2. The second-order valence-electron chi connectivity index (χ2n) is 6.30. The Balaban J connectivity index is 1.55. The van der Waals surface area contributed by atoms with Crippen LogP contribution in [0.5, 0.6) is 0 Å². The van der Waals surface area contributed by atoms with Crippen molar-refractivity contribution in [2.75, 3.05) is 11.4 Å². The Kier molecular flexibility index (Phi) is 3.99. The first kappa shape index (κ1) is 16.4. The Morgan fingerprint density at radius 3 is 2.65 bits per heavy atom. The van der Waals surface area contributed by atoms with Crippen LogP contribution in [0.4, 0.5) is 14.5 Å². The smallest absolute Gasteiger partial charge is 0.257 e. The number of hydrogen-bond donors (Lipinski definition) is 0. The van der Waals surface area contributed by atoms with Gasteiger partial charge in [-0.3, -0.25) is 4.79 Å². The molecule has 1 unspecified atom stereocenters. The zero-order valence-electron chi connectivity index (χ0n) is 13.9. The summed E-state index contributed by atoms with van der Waals surface area (Å²) in [4.78, 5) is 18.3. The number of rotatable bonds is 3. The summed E-state index contributed by atoms with van der Waals surface area (Å²) in [6, 6.07) is 10.3. The van der Waals surface area contributed by atoms with Crippen LogP contribution >= 0.6 is 0 Å². The number of nitrogens with zero attached hydrogens (tertiary/aromatic N) is 3. The number of carbonyl (C=O) groups is 1. The SMILES string of the molecule is Cc1cc(N2CC(c3noc(-c4ccc(F)cc4)n3)CC2=O)ccc1F. The molecule has 5 nitrogen and oxygen atoms in total. The maximum Gasteiger partial charge on any atom is 0.257 e. The van der Waals surface area contributed by atoms with Gasteiger partial charge in [-0.25, -0.2) is 8.78 Å². The van der Waals surface area contributed by atoms with E-state index in [9.17, 15) is 13.6 Å². The summed E-state index contributed by atoms with van der Waals surface area (Å²) in [7, 11) is 0. The third kappa shape index (κ3) is 2.96. The lowest BCUT2D eigenvalue weighted by atomic mass is 10.1. The highest BCUT2D eigenvalue weighted by Gasteiger charge is 2.34. The largest absolute Gasteiger partial charge is 0.334 e. The topological polar surface area (TPSA) is 59.2 Å². The first-order valence-corrected chi connectivity index (χ1v) is 8.17. The lowest BCUT2D eigenvalue weighted by Crippen LogP contribution is -2.24. The van der Waals surface area contributed by atoms with Gasteiger partial charge in [0, 0.05) is 30.1 Å². The lowest BCUT2D eigenvalue weighted by molar-refractivity contribution is -0.117. The Labute approximate surface area is 148 Å². The van der Waals surface area contributed by atoms with Crippen LogP contribution in [0.25, 0.3) is 11.5 Å². The highest BCUT2D eigenvalue weighted by molar-refractivity contribution is 5.96. The molecule has 2 aromatic carbocycles. The molecule has 0 radical (unpaired) electrons. The first-order chi connectivity index (χ1) is 12.5. The number of halogens is 2. The molecule has 0 aliphatic carbocycles. The van der Waals surface area contributed by atoms with E-state index in [1.807, 2.05) is 0 Å². The molecule has 132 valence electrons. The summed E-state index contributed by atoms with van der Waals surface area (Å²) in [6.07, 6.45) is 0.249. The fourth-order valence-electron chi connectivity index (χ4n) is 3.04. The normalized spacial score (nSPS) is 17.1. The summed E-state index contributed by atoms with van der Waals surface area (Å²) in [5, 5.41) is 3.97. The maximum absolute atomic E-state index is 13.5. The van der Waals surface area contributed by atoms with Gasteiger partial charge in [-0.2, -0.15) is 4.98 Å². The fraction of sp³-hybridized carbons (Fsp3) is 0.211. The van der Waals surface area contributed by atoms with Gasteiger partial charge in [0.15, 0.2) is 5.82 Å². The van der Waals surface area contributed by atoms with E-state index in [1.165, 1.54) is 18.2 Å². The average Bonchev–Trinajstić information content (AvgIpc) is 3.25. The van der Waals surface area contributed by atoms with Crippen molar-refractivity contribution in [3.63, 3.8) is 0 Å². The van der Waals surface area contributed by atoms with Crippen LogP contribution in [-0.4, -0.2) is 22.6 Å². The first-order valence-electron chi connectivity index (χ1n) is 8.17.